The molecule has 0 unspecified atom stereocenters. The molecule has 1 N–H and O–H groups in total. The normalized spacial score (nSPS) is 17.0. The van der Waals surface area contributed by atoms with Gasteiger partial charge in [-0.25, -0.2) is 12.8 Å². The van der Waals surface area contributed by atoms with Crippen LogP contribution in [0.2, 0.25) is 0 Å². The summed E-state index contributed by atoms with van der Waals surface area (Å²) in [5, 5.41) is 2.62. The highest BCUT2D eigenvalue weighted by atomic mass is 32.2. The molecule has 2 heterocycles. The third kappa shape index (κ3) is 4.49. The van der Waals surface area contributed by atoms with E-state index in [0.717, 1.165) is 28.0 Å². The number of benzene rings is 1. The van der Waals surface area contributed by atoms with E-state index < -0.39 is 44.4 Å². The molecule has 1 aliphatic carbocycles. The zero-order valence-electron chi connectivity index (χ0n) is 19.3. The summed E-state index contributed by atoms with van der Waals surface area (Å²) in [5.41, 5.74) is -0.331. The van der Waals surface area contributed by atoms with Crippen molar-refractivity contribution in [3.05, 3.63) is 68.9 Å². The SMILES string of the molecule is Cc1ccc(CNC(=O)c2cc(F)c3n(c2=O)CCN(CC2(N(C)S(C)(=O)=O)CC2)C3=O)cc1. The van der Waals surface area contributed by atoms with Crippen molar-refractivity contribution in [2.24, 2.45) is 0 Å². The van der Waals surface area contributed by atoms with Gasteiger partial charge in [0.15, 0.2) is 5.82 Å². The van der Waals surface area contributed by atoms with E-state index in [-0.39, 0.29) is 31.7 Å². The molecule has 1 aromatic heterocycles. The number of nitrogens with zero attached hydrogens (tertiary/aromatic N) is 3. The summed E-state index contributed by atoms with van der Waals surface area (Å²) in [4.78, 5) is 40.0. The predicted molar refractivity (Wildman–Crippen MR) is 123 cm³/mol. The van der Waals surface area contributed by atoms with Gasteiger partial charge in [-0.3, -0.25) is 19.0 Å². The van der Waals surface area contributed by atoms with Crippen LogP contribution in [0.1, 0.15) is 44.8 Å². The molecule has 2 aliphatic rings. The molecule has 2 aromatic rings. The number of aromatic nitrogens is 1. The van der Waals surface area contributed by atoms with Crippen molar-refractivity contribution in [1.82, 2.24) is 19.1 Å². The Labute approximate surface area is 197 Å². The first-order valence-electron chi connectivity index (χ1n) is 10.9. The molecule has 9 nitrogen and oxygen atoms in total. The lowest BCUT2D eigenvalue weighted by Crippen LogP contribution is -2.53. The number of aryl methyl sites for hydroxylation is 1. The molecule has 0 spiro atoms. The Bertz CT molecular complexity index is 1320. The maximum absolute atomic E-state index is 15.0. The summed E-state index contributed by atoms with van der Waals surface area (Å²) in [6.07, 6.45) is 2.29. The van der Waals surface area contributed by atoms with Crippen LogP contribution in [-0.2, 0) is 23.1 Å². The van der Waals surface area contributed by atoms with Crippen molar-refractivity contribution in [3.8, 4) is 0 Å². The van der Waals surface area contributed by atoms with Gasteiger partial charge in [-0.05, 0) is 31.4 Å². The van der Waals surface area contributed by atoms with Gasteiger partial charge in [-0.2, -0.15) is 4.31 Å². The predicted octanol–water partition coefficient (Wildman–Crippen LogP) is 1.11. The van der Waals surface area contributed by atoms with Gasteiger partial charge in [-0.1, -0.05) is 29.8 Å². The summed E-state index contributed by atoms with van der Waals surface area (Å²) >= 11 is 0. The van der Waals surface area contributed by atoms with E-state index in [1.54, 1.807) is 0 Å². The maximum atomic E-state index is 15.0. The highest BCUT2D eigenvalue weighted by molar-refractivity contribution is 7.88. The molecule has 182 valence electrons. The lowest BCUT2D eigenvalue weighted by Gasteiger charge is -2.35. The molecule has 1 saturated carbocycles. The zero-order chi connectivity index (χ0) is 24.8. The number of fused-ring (bicyclic) bond motifs is 1. The van der Waals surface area contributed by atoms with Crippen LogP contribution < -0.4 is 10.9 Å². The van der Waals surface area contributed by atoms with Crippen LogP contribution in [0.4, 0.5) is 4.39 Å². The Morgan fingerprint density at radius 3 is 2.41 bits per heavy atom. The number of carbonyl (C=O) groups excluding carboxylic acids is 2. The van der Waals surface area contributed by atoms with Crippen molar-refractivity contribution in [3.63, 3.8) is 0 Å². The number of nitrogens with one attached hydrogen (secondary N) is 1. The number of pyridine rings is 1. The number of amides is 2. The molecular formula is C23H27FN4O5S. The van der Waals surface area contributed by atoms with Gasteiger partial charge in [0, 0.05) is 33.2 Å². The number of likely N-dealkylation sites (N-methyl/N-ethyl adjacent to an activating group) is 1. The Kier molecular flexibility index (Phi) is 6.11. The first-order chi connectivity index (χ1) is 15.9. The second kappa shape index (κ2) is 8.62. The third-order valence-corrected chi connectivity index (χ3v) is 8.00. The number of halogens is 1. The fraction of sp³-hybridized carbons (Fsp3) is 0.435. The van der Waals surface area contributed by atoms with Crippen molar-refractivity contribution in [1.29, 1.82) is 0 Å². The highest BCUT2D eigenvalue weighted by Crippen LogP contribution is 2.43. The van der Waals surface area contributed by atoms with Crippen molar-refractivity contribution in [2.75, 3.05) is 26.4 Å². The summed E-state index contributed by atoms with van der Waals surface area (Å²) in [5.74, 6) is -2.38. The second-order valence-electron chi connectivity index (χ2n) is 9.06. The smallest absolute Gasteiger partial charge is 0.273 e. The summed E-state index contributed by atoms with van der Waals surface area (Å²) in [6.45, 7) is 2.34. The van der Waals surface area contributed by atoms with Gasteiger partial charge in [-0.15, -0.1) is 0 Å². The molecular weight excluding hydrogens is 463 g/mol. The first-order valence-corrected chi connectivity index (χ1v) is 12.8. The van der Waals surface area contributed by atoms with Crippen LogP contribution >= 0.6 is 0 Å². The number of carbonyl (C=O) groups is 2. The van der Waals surface area contributed by atoms with Gasteiger partial charge >= 0.3 is 0 Å². The largest absolute Gasteiger partial charge is 0.348 e. The van der Waals surface area contributed by atoms with Crippen LogP contribution in [-0.4, -0.2) is 65.9 Å². The average molecular weight is 491 g/mol. The number of hydrogen-bond donors (Lipinski definition) is 1. The standard InChI is InChI=1S/C23H27FN4O5S/c1-15-4-6-16(7-5-15)13-25-20(29)17-12-18(24)19-22(31)27(10-11-28(19)21(17)30)14-23(8-9-23)26(2)34(3,32)33/h4-7,12H,8-11,13-14H2,1-3H3,(H,25,29). The first kappa shape index (κ1) is 24.1. The molecule has 2 amide bonds. The summed E-state index contributed by atoms with van der Waals surface area (Å²) in [6, 6.07) is 8.28. The molecule has 0 bridgehead atoms. The van der Waals surface area contributed by atoms with E-state index in [2.05, 4.69) is 5.32 Å². The minimum atomic E-state index is -3.46. The van der Waals surface area contributed by atoms with Crippen LogP contribution in [0.25, 0.3) is 0 Å². The van der Waals surface area contributed by atoms with Crippen LogP contribution in [0.15, 0.2) is 35.1 Å². The van der Waals surface area contributed by atoms with Crippen molar-refractivity contribution in [2.45, 2.75) is 38.4 Å². The molecule has 11 heteroatoms. The van der Waals surface area contributed by atoms with E-state index in [0.29, 0.717) is 12.8 Å². The van der Waals surface area contributed by atoms with Gasteiger partial charge in [0.2, 0.25) is 10.0 Å². The minimum Gasteiger partial charge on any atom is -0.348 e. The van der Waals surface area contributed by atoms with E-state index >= 15 is 4.39 Å². The molecule has 1 fully saturated rings. The monoisotopic (exact) mass is 490 g/mol. The van der Waals surface area contributed by atoms with Crippen LogP contribution in [0.5, 0.6) is 0 Å². The lowest BCUT2D eigenvalue weighted by atomic mass is 10.1. The summed E-state index contributed by atoms with van der Waals surface area (Å²) < 4.78 is 41.2. The lowest BCUT2D eigenvalue weighted by molar-refractivity contribution is 0.0643. The fourth-order valence-corrected chi connectivity index (χ4v) is 5.20. The number of hydrogen-bond acceptors (Lipinski definition) is 5. The van der Waals surface area contributed by atoms with Gasteiger partial charge in [0.05, 0.1) is 11.8 Å². The topological polar surface area (TPSA) is 109 Å². The molecule has 1 aliphatic heterocycles. The van der Waals surface area contributed by atoms with Gasteiger partial charge in [0.1, 0.15) is 11.3 Å². The van der Waals surface area contributed by atoms with Gasteiger partial charge in [0.25, 0.3) is 17.4 Å². The van der Waals surface area contributed by atoms with E-state index in [1.807, 2.05) is 31.2 Å². The Balaban J connectivity index is 1.54. The minimum absolute atomic E-state index is 0.00851. The quantitative estimate of drug-likeness (QED) is 0.626. The molecule has 34 heavy (non-hydrogen) atoms. The van der Waals surface area contributed by atoms with Crippen LogP contribution in [0, 0.1) is 12.7 Å². The Morgan fingerprint density at radius 1 is 1.18 bits per heavy atom. The molecule has 0 saturated heterocycles. The van der Waals surface area contributed by atoms with Crippen molar-refractivity contribution >= 4 is 21.8 Å². The third-order valence-electron chi connectivity index (χ3n) is 6.62. The Morgan fingerprint density at radius 2 is 1.82 bits per heavy atom. The second-order valence-corrected chi connectivity index (χ2v) is 11.1. The number of sulfonamides is 1. The average Bonchev–Trinajstić information content (AvgIpc) is 3.56. The fourth-order valence-electron chi connectivity index (χ4n) is 4.26. The van der Waals surface area contributed by atoms with Gasteiger partial charge < -0.3 is 10.2 Å². The summed E-state index contributed by atoms with van der Waals surface area (Å²) in [7, 11) is -1.99. The van der Waals surface area contributed by atoms with Crippen LogP contribution in [0.3, 0.4) is 0 Å². The maximum Gasteiger partial charge on any atom is 0.273 e. The molecule has 1 aromatic carbocycles. The molecule has 4 rings (SSSR count). The van der Waals surface area contributed by atoms with E-state index in [4.69, 9.17) is 0 Å². The zero-order valence-corrected chi connectivity index (χ0v) is 20.1. The molecule has 0 radical (unpaired) electrons. The van der Waals surface area contributed by atoms with Crippen molar-refractivity contribution < 1.29 is 22.4 Å². The van der Waals surface area contributed by atoms with E-state index in [9.17, 15) is 22.8 Å². The number of rotatable bonds is 7. The molecule has 0 atom stereocenters. The highest BCUT2D eigenvalue weighted by Gasteiger charge is 2.52. The van der Waals surface area contributed by atoms with E-state index in [1.165, 1.54) is 16.3 Å². The Hall–Kier alpha value is -3.05.